The summed E-state index contributed by atoms with van der Waals surface area (Å²) in [4.78, 5) is 12.1. The molecule has 0 aromatic heterocycles. The fourth-order valence-electron chi connectivity index (χ4n) is 3.79. The first-order valence-corrected chi connectivity index (χ1v) is 13.8. The van der Waals surface area contributed by atoms with Crippen molar-refractivity contribution in [2.45, 2.75) is 123 Å². The number of carbonyl (C=O) groups excluding carboxylic acids is 1. The van der Waals surface area contributed by atoms with E-state index in [1.165, 1.54) is 83.5 Å². The van der Waals surface area contributed by atoms with Gasteiger partial charge in [-0.2, -0.15) is 0 Å². The molecule has 1 unspecified atom stereocenters. The predicted molar refractivity (Wildman–Crippen MR) is 136 cm³/mol. The van der Waals surface area contributed by atoms with Gasteiger partial charge in [0.2, 0.25) is 0 Å². The Kier molecular flexibility index (Phi) is 16.8. The predicted octanol–water partition coefficient (Wildman–Crippen LogP) is 10.1. The van der Waals surface area contributed by atoms with Crippen molar-refractivity contribution in [2.75, 3.05) is 0 Å². The van der Waals surface area contributed by atoms with Crippen molar-refractivity contribution in [1.29, 1.82) is 0 Å². The van der Waals surface area contributed by atoms with E-state index >= 15 is 0 Å². The number of halogens is 2. The maximum atomic E-state index is 12.1. The lowest BCUT2D eigenvalue weighted by molar-refractivity contribution is -0.148. The van der Waals surface area contributed by atoms with Gasteiger partial charge in [-0.25, -0.2) is 0 Å². The molecule has 0 radical (unpaired) electrons. The number of carbonyl (C=O) groups is 1. The molecule has 30 heavy (non-hydrogen) atoms. The van der Waals surface area contributed by atoms with Gasteiger partial charge in [-0.05, 0) is 25.5 Å². The Balaban J connectivity index is 1.92. The lowest BCUT2D eigenvalue weighted by atomic mass is 10.0. The lowest BCUT2D eigenvalue weighted by Gasteiger charge is -2.15. The van der Waals surface area contributed by atoms with E-state index in [-0.39, 0.29) is 12.1 Å². The molecule has 0 heterocycles. The second kappa shape index (κ2) is 18.2. The van der Waals surface area contributed by atoms with E-state index < -0.39 is 0 Å². The second-order valence-corrected chi connectivity index (χ2v) is 10.3. The molecule has 1 rings (SSSR count). The molecule has 0 aliphatic heterocycles. The third-order valence-corrected chi connectivity index (χ3v) is 6.87. The molecule has 172 valence electrons. The third-order valence-electron chi connectivity index (χ3n) is 5.69. The van der Waals surface area contributed by atoms with Gasteiger partial charge in [0.05, 0.1) is 0 Å². The molecule has 0 aliphatic carbocycles. The van der Waals surface area contributed by atoms with Gasteiger partial charge in [-0.1, -0.05) is 135 Å². The van der Waals surface area contributed by atoms with Crippen LogP contribution in [0, 0.1) is 0 Å². The highest BCUT2D eigenvalue weighted by Gasteiger charge is 2.14. The summed E-state index contributed by atoms with van der Waals surface area (Å²) >= 11 is 6.99. The summed E-state index contributed by atoms with van der Waals surface area (Å²) < 4.78 is 7.56. The maximum Gasteiger partial charge on any atom is 0.306 e. The number of hydrogen-bond donors (Lipinski definition) is 0. The standard InChI is InChI=1S/C26H42Br2O2/c1-3-4-5-6-7-8-9-10-11-12-13-14-15-16-17-18-26(29)30-22(2)24-20-19-23(27)21-25(24)28/h19-22H,3-18H2,1-2H3. The van der Waals surface area contributed by atoms with Crippen molar-refractivity contribution < 1.29 is 9.53 Å². The van der Waals surface area contributed by atoms with Crippen LogP contribution >= 0.6 is 31.9 Å². The molecule has 0 N–H and O–H groups in total. The molecule has 4 heteroatoms. The van der Waals surface area contributed by atoms with E-state index in [0.29, 0.717) is 6.42 Å². The van der Waals surface area contributed by atoms with E-state index in [2.05, 4.69) is 38.8 Å². The van der Waals surface area contributed by atoms with Crippen LogP contribution in [-0.4, -0.2) is 5.97 Å². The first-order chi connectivity index (χ1) is 14.5. The Bertz CT molecular complexity index is 574. The number of ether oxygens (including phenoxy) is 1. The van der Waals surface area contributed by atoms with E-state index in [4.69, 9.17) is 4.74 Å². The number of hydrogen-bond acceptors (Lipinski definition) is 2. The SMILES string of the molecule is CCCCCCCCCCCCCCCCCC(=O)OC(C)c1ccc(Br)cc1Br. The molecular weight excluding hydrogens is 504 g/mol. The Labute approximate surface area is 202 Å². The molecule has 0 spiro atoms. The van der Waals surface area contributed by atoms with Gasteiger partial charge >= 0.3 is 5.97 Å². The molecule has 0 amide bonds. The summed E-state index contributed by atoms with van der Waals surface area (Å²) in [7, 11) is 0. The normalized spacial score (nSPS) is 12.1. The minimum atomic E-state index is -0.226. The monoisotopic (exact) mass is 544 g/mol. The average molecular weight is 546 g/mol. The summed E-state index contributed by atoms with van der Waals surface area (Å²) in [6.45, 7) is 4.21. The van der Waals surface area contributed by atoms with Gasteiger partial charge in [-0.3, -0.25) is 4.79 Å². The van der Waals surface area contributed by atoms with Crippen LogP contribution in [0.25, 0.3) is 0 Å². The van der Waals surface area contributed by atoms with Gasteiger partial charge in [0.15, 0.2) is 0 Å². The topological polar surface area (TPSA) is 26.3 Å². The van der Waals surface area contributed by atoms with Crippen LogP contribution in [0.2, 0.25) is 0 Å². The van der Waals surface area contributed by atoms with Crippen LogP contribution in [0.5, 0.6) is 0 Å². The summed E-state index contributed by atoms with van der Waals surface area (Å²) in [6.07, 6.45) is 20.3. The van der Waals surface area contributed by atoms with Crippen LogP contribution < -0.4 is 0 Å². The summed E-state index contributed by atoms with van der Waals surface area (Å²) in [6, 6.07) is 5.94. The average Bonchev–Trinajstić information content (AvgIpc) is 2.70. The van der Waals surface area contributed by atoms with Crippen LogP contribution in [0.15, 0.2) is 27.1 Å². The Morgan fingerprint density at radius 1 is 0.800 bits per heavy atom. The number of benzene rings is 1. The summed E-state index contributed by atoms with van der Waals surface area (Å²) in [5.74, 6) is -0.0907. The molecule has 0 saturated heterocycles. The van der Waals surface area contributed by atoms with Crippen molar-refractivity contribution in [3.8, 4) is 0 Å². The molecule has 0 bridgehead atoms. The highest BCUT2D eigenvalue weighted by Crippen LogP contribution is 2.29. The highest BCUT2D eigenvalue weighted by molar-refractivity contribution is 9.11. The molecule has 0 saturated carbocycles. The molecule has 1 aromatic carbocycles. The smallest absolute Gasteiger partial charge is 0.306 e. The van der Waals surface area contributed by atoms with Crippen LogP contribution in [0.3, 0.4) is 0 Å². The molecule has 1 atom stereocenters. The largest absolute Gasteiger partial charge is 0.458 e. The molecule has 2 nitrogen and oxygen atoms in total. The minimum absolute atomic E-state index is 0.0907. The van der Waals surface area contributed by atoms with E-state index in [1.807, 2.05) is 25.1 Å². The first-order valence-electron chi connectivity index (χ1n) is 12.2. The lowest BCUT2D eigenvalue weighted by Crippen LogP contribution is -2.09. The number of rotatable bonds is 18. The first kappa shape index (κ1) is 27.7. The van der Waals surface area contributed by atoms with Gasteiger partial charge in [0, 0.05) is 20.9 Å². The van der Waals surface area contributed by atoms with Gasteiger partial charge in [0.1, 0.15) is 6.10 Å². The fourth-order valence-corrected chi connectivity index (χ4v) is 5.16. The zero-order valence-corrected chi connectivity index (χ0v) is 22.4. The van der Waals surface area contributed by atoms with Gasteiger partial charge in [-0.15, -0.1) is 0 Å². The van der Waals surface area contributed by atoms with Crippen molar-refractivity contribution in [2.24, 2.45) is 0 Å². The molecular formula is C26H42Br2O2. The van der Waals surface area contributed by atoms with Crippen molar-refractivity contribution in [1.82, 2.24) is 0 Å². The quantitative estimate of drug-likeness (QED) is 0.135. The molecule has 1 aromatic rings. The van der Waals surface area contributed by atoms with E-state index in [0.717, 1.165) is 27.4 Å². The number of esters is 1. The zero-order chi connectivity index (χ0) is 22.0. The van der Waals surface area contributed by atoms with Crippen molar-refractivity contribution in [3.63, 3.8) is 0 Å². The Hall–Kier alpha value is -0.350. The van der Waals surface area contributed by atoms with Crippen molar-refractivity contribution >= 4 is 37.8 Å². The third kappa shape index (κ3) is 13.9. The van der Waals surface area contributed by atoms with Crippen LogP contribution in [-0.2, 0) is 9.53 Å². The second-order valence-electron chi connectivity index (χ2n) is 8.50. The highest BCUT2D eigenvalue weighted by atomic mass is 79.9. The number of unbranched alkanes of at least 4 members (excludes halogenated alkanes) is 14. The van der Waals surface area contributed by atoms with E-state index in [1.54, 1.807) is 0 Å². The zero-order valence-electron chi connectivity index (χ0n) is 19.2. The fraction of sp³-hybridized carbons (Fsp3) is 0.731. The Morgan fingerprint density at radius 3 is 1.73 bits per heavy atom. The van der Waals surface area contributed by atoms with Crippen molar-refractivity contribution in [3.05, 3.63) is 32.7 Å². The minimum Gasteiger partial charge on any atom is -0.458 e. The van der Waals surface area contributed by atoms with Crippen LogP contribution in [0.1, 0.15) is 128 Å². The molecule has 0 aliphatic rings. The summed E-state index contributed by atoms with van der Waals surface area (Å²) in [5, 5.41) is 0. The van der Waals surface area contributed by atoms with Gasteiger partial charge in [0.25, 0.3) is 0 Å². The maximum absolute atomic E-state index is 12.1. The van der Waals surface area contributed by atoms with E-state index in [9.17, 15) is 4.79 Å². The molecule has 0 fully saturated rings. The Morgan fingerprint density at radius 2 is 1.27 bits per heavy atom. The van der Waals surface area contributed by atoms with Crippen LogP contribution in [0.4, 0.5) is 0 Å². The summed E-state index contributed by atoms with van der Waals surface area (Å²) in [5.41, 5.74) is 1.00. The van der Waals surface area contributed by atoms with Gasteiger partial charge < -0.3 is 4.74 Å².